The second-order valence-corrected chi connectivity index (χ2v) is 8.47. The standard InChI is InChI=1S/C24H29FN6O4/c1-14(2)21-19(10-9-17(32)11-18(33)12-20(34)35)22(15-5-7-16(25)8-6-15)29-23(28-21)30(3)24-26-13-27-31(24)4/h5-10,13-14,17-18,32-33H,11-12H2,1-4H3,(H,34,35)/p-1/b10-9+/t17-,18-/m1/s1. The summed E-state index contributed by atoms with van der Waals surface area (Å²) in [5.41, 5.74) is 2.41. The summed E-state index contributed by atoms with van der Waals surface area (Å²) in [5.74, 6) is -0.968. The number of anilines is 2. The van der Waals surface area contributed by atoms with Crippen LogP contribution in [0.15, 0.2) is 36.7 Å². The third-order valence-electron chi connectivity index (χ3n) is 5.32. The molecule has 0 saturated heterocycles. The van der Waals surface area contributed by atoms with Gasteiger partial charge in [-0.25, -0.2) is 19.0 Å². The van der Waals surface area contributed by atoms with Crippen LogP contribution in [0.1, 0.15) is 43.9 Å². The van der Waals surface area contributed by atoms with Gasteiger partial charge >= 0.3 is 0 Å². The van der Waals surface area contributed by atoms with Gasteiger partial charge in [0.25, 0.3) is 0 Å². The molecule has 1 aromatic carbocycles. The first-order chi connectivity index (χ1) is 16.6. The number of hydrogen-bond acceptors (Lipinski definition) is 9. The van der Waals surface area contributed by atoms with Crippen molar-refractivity contribution in [2.75, 3.05) is 11.9 Å². The number of rotatable bonds is 10. The van der Waals surface area contributed by atoms with Crippen molar-refractivity contribution in [3.63, 3.8) is 0 Å². The van der Waals surface area contributed by atoms with Gasteiger partial charge in [-0.1, -0.05) is 26.0 Å². The second kappa shape index (κ2) is 11.2. The van der Waals surface area contributed by atoms with Crippen molar-refractivity contribution in [3.8, 4) is 11.3 Å². The topological polar surface area (TPSA) is 140 Å². The number of aliphatic carboxylic acids is 1. The normalized spacial score (nSPS) is 13.4. The Morgan fingerprint density at radius 1 is 1.23 bits per heavy atom. The highest BCUT2D eigenvalue weighted by atomic mass is 19.1. The average Bonchev–Trinajstić information content (AvgIpc) is 3.22. The predicted molar refractivity (Wildman–Crippen MR) is 126 cm³/mol. The molecule has 0 amide bonds. The fraction of sp³-hybridized carbons (Fsp3) is 0.375. The van der Waals surface area contributed by atoms with Crippen LogP contribution in [-0.2, 0) is 11.8 Å². The second-order valence-electron chi connectivity index (χ2n) is 8.47. The van der Waals surface area contributed by atoms with Gasteiger partial charge in [0, 0.05) is 44.0 Å². The molecule has 11 heteroatoms. The van der Waals surface area contributed by atoms with Crippen LogP contribution in [0.4, 0.5) is 16.3 Å². The van der Waals surface area contributed by atoms with Gasteiger partial charge in [0.2, 0.25) is 11.9 Å². The highest BCUT2D eigenvalue weighted by Crippen LogP contribution is 2.32. The zero-order valence-corrected chi connectivity index (χ0v) is 20.0. The molecule has 0 aliphatic heterocycles. The van der Waals surface area contributed by atoms with Gasteiger partial charge in [0.15, 0.2) is 0 Å². The monoisotopic (exact) mass is 483 g/mol. The van der Waals surface area contributed by atoms with Crippen LogP contribution in [0.3, 0.4) is 0 Å². The minimum Gasteiger partial charge on any atom is -0.550 e. The minimum absolute atomic E-state index is 0.0516. The van der Waals surface area contributed by atoms with Crippen LogP contribution in [-0.4, -0.2) is 60.2 Å². The fourth-order valence-corrected chi connectivity index (χ4v) is 3.58. The van der Waals surface area contributed by atoms with Crippen LogP contribution >= 0.6 is 0 Å². The lowest BCUT2D eigenvalue weighted by molar-refractivity contribution is -0.307. The molecule has 0 fully saturated rings. The maximum atomic E-state index is 13.6. The van der Waals surface area contributed by atoms with E-state index in [1.165, 1.54) is 24.5 Å². The van der Waals surface area contributed by atoms with Crippen LogP contribution in [0.5, 0.6) is 0 Å². The quantitative estimate of drug-likeness (QED) is 0.440. The van der Waals surface area contributed by atoms with E-state index in [-0.39, 0.29) is 12.3 Å². The number of benzene rings is 1. The van der Waals surface area contributed by atoms with Gasteiger partial charge in [-0.3, -0.25) is 4.90 Å². The number of halogens is 1. The van der Waals surface area contributed by atoms with Gasteiger partial charge in [-0.15, -0.1) is 0 Å². The summed E-state index contributed by atoms with van der Waals surface area (Å²) in [6, 6.07) is 5.87. The van der Waals surface area contributed by atoms with Gasteiger partial charge in [0.05, 0.1) is 23.6 Å². The SMILES string of the molecule is CC(C)c1nc(N(C)c2ncnn2C)nc(-c2ccc(F)cc2)c1/C=C/[C@@H](O)C[C@@H](O)CC(=O)[O-]. The van der Waals surface area contributed by atoms with E-state index < -0.39 is 30.4 Å². The third-order valence-corrected chi connectivity index (χ3v) is 5.32. The lowest BCUT2D eigenvalue weighted by Crippen LogP contribution is -2.29. The van der Waals surface area contributed by atoms with E-state index in [1.54, 1.807) is 41.9 Å². The van der Waals surface area contributed by atoms with E-state index in [1.807, 2.05) is 13.8 Å². The molecule has 2 atom stereocenters. The average molecular weight is 484 g/mol. The van der Waals surface area contributed by atoms with E-state index in [0.29, 0.717) is 34.4 Å². The van der Waals surface area contributed by atoms with Crippen molar-refractivity contribution < 1.29 is 24.5 Å². The third kappa shape index (κ3) is 6.46. The first-order valence-corrected chi connectivity index (χ1v) is 11.1. The summed E-state index contributed by atoms with van der Waals surface area (Å²) in [6.45, 7) is 3.92. The molecule has 0 aliphatic carbocycles. The number of carboxylic acids is 1. The molecule has 35 heavy (non-hydrogen) atoms. The molecule has 10 nitrogen and oxygen atoms in total. The fourth-order valence-electron chi connectivity index (χ4n) is 3.58. The van der Waals surface area contributed by atoms with E-state index >= 15 is 0 Å². The van der Waals surface area contributed by atoms with Crippen LogP contribution in [0.25, 0.3) is 17.3 Å². The Bertz CT molecular complexity index is 1200. The maximum Gasteiger partial charge on any atom is 0.232 e. The molecule has 0 bridgehead atoms. The van der Waals surface area contributed by atoms with E-state index in [0.717, 1.165) is 0 Å². The Kier molecular flexibility index (Phi) is 8.26. The minimum atomic E-state index is -1.40. The maximum absolute atomic E-state index is 13.6. The highest BCUT2D eigenvalue weighted by molar-refractivity contribution is 5.75. The molecule has 3 rings (SSSR count). The van der Waals surface area contributed by atoms with Crippen LogP contribution in [0, 0.1) is 5.82 Å². The Morgan fingerprint density at radius 3 is 2.49 bits per heavy atom. The Balaban J connectivity index is 2.09. The molecule has 0 spiro atoms. The summed E-state index contributed by atoms with van der Waals surface area (Å²) in [6.07, 6.45) is 1.38. The number of hydrogen-bond donors (Lipinski definition) is 2. The van der Waals surface area contributed by atoms with Crippen molar-refractivity contribution in [2.45, 2.75) is 44.8 Å². The smallest absolute Gasteiger partial charge is 0.232 e. The van der Waals surface area contributed by atoms with Crippen molar-refractivity contribution in [3.05, 3.63) is 53.7 Å². The number of aliphatic hydroxyl groups is 2. The molecular weight excluding hydrogens is 455 g/mol. The molecule has 0 unspecified atom stereocenters. The Morgan fingerprint density at radius 2 is 1.91 bits per heavy atom. The van der Waals surface area contributed by atoms with Gasteiger partial charge < -0.3 is 20.1 Å². The number of carboxylic acid groups (broad SMARTS) is 1. The lowest BCUT2D eigenvalue weighted by Gasteiger charge is -2.21. The summed E-state index contributed by atoms with van der Waals surface area (Å²) in [5, 5.41) is 34.9. The number of nitrogens with zero attached hydrogens (tertiary/aromatic N) is 6. The Labute approximate surface area is 202 Å². The predicted octanol–water partition coefficient (Wildman–Crippen LogP) is 1.57. The molecule has 0 radical (unpaired) electrons. The molecule has 0 aliphatic rings. The summed E-state index contributed by atoms with van der Waals surface area (Å²) < 4.78 is 15.2. The number of aromatic nitrogens is 5. The largest absolute Gasteiger partial charge is 0.550 e. The first-order valence-electron chi connectivity index (χ1n) is 11.1. The number of carbonyl (C=O) groups excluding carboxylic acids is 1. The molecular formula is C24H28FN6O4-. The summed E-state index contributed by atoms with van der Waals surface area (Å²) >= 11 is 0. The molecule has 2 aromatic heterocycles. The van der Waals surface area contributed by atoms with E-state index in [9.17, 15) is 24.5 Å². The molecule has 3 aromatic rings. The van der Waals surface area contributed by atoms with Gasteiger partial charge in [0.1, 0.15) is 12.1 Å². The van der Waals surface area contributed by atoms with Gasteiger partial charge in [-0.2, -0.15) is 10.1 Å². The molecule has 2 heterocycles. The molecule has 2 N–H and O–H groups in total. The lowest BCUT2D eigenvalue weighted by atomic mass is 9.97. The van der Waals surface area contributed by atoms with Crippen molar-refractivity contribution in [2.24, 2.45) is 7.05 Å². The number of carbonyl (C=O) groups is 1. The van der Waals surface area contributed by atoms with Crippen LogP contribution < -0.4 is 10.0 Å². The molecule has 0 saturated carbocycles. The summed E-state index contributed by atoms with van der Waals surface area (Å²) in [7, 11) is 3.51. The van der Waals surface area contributed by atoms with Crippen molar-refractivity contribution in [1.29, 1.82) is 0 Å². The van der Waals surface area contributed by atoms with E-state index in [4.69, 9.17) is 9.97 Å². The molecule has 186 valence electrons. The highest BCUT2D eigenvalue weighted by Gasteiger charge is 2.21. The first kappa shape index (κ1) is 25.9. The zero-order chi connectivity index (χ0) is 25.7. The van der Waals surface area contributed by atoms with E-state index in [2.05, 4.69) is 10.1 Å². The zero-order valence-electron chi connectivity index (χ0n) is 20.0. The summed E-state index contributed by atoms with van der Waals surface area (Å²) in [4.78, 5) is 26.1. The van der Waals surface area contributed by atoms with Crippen molar-refractivity contribution >= 4 is 23.9 Å². The number of aliphatic hydroxyl groups excluding tert-OH is 2. The van der Waals surface area contributed by atoms with Crippen molar-refractivity contribution in [1.82, 2.24) is 24.7 Å². The number of aryl methyl sites for hydroxylation is 1. The van der Waals surface area contributed by atoms with Gasteiger partial charge in [-0.05, 0) is 30.2 Å². The Hall–Kier alpha value is -3.70. The van der Waals surface area contributed by atoms with Crippen LogP contribution in [0.2, 0.25) is 0 Å².